The molecule has 1 amide bonds. The second-order valence-corrected chi connectivity index (χ2v) is 7.23. The molecular formula is C24H26N4O3. The van der Waals surface area contributed by atoms with Gasteiger partial charge in [-0.25, -0.2) is 4.98 Å². The Morgan fingerprint density at radius 1 is 1.26 bits per heavy atom. The van der Waals surface area contributed by atoms with Crippen LogP contribution < -0.4 is 5.32 Å². The molecule has 1 fully saturated rings. The van der Waals surface area contributed by atoms with E-state index in [0.717, 1.165) is 22.4 Å². The van der Waals surface area contributed by atoms with Crippen LogP contribution in [0.2, 0.25) is 0 Å². The van der Waals surface area contributed by atoms with E-state index < -0.39 is 0 Å². The van der Waals surface area contributed by atoms with Gasteiger partial charge < -0.3 is 15.0 Å². The van der Waals surface area contributed by atoms with Crippen LogP contribution in [-0.2, 0) is 21.1 Å². The Kier molecular flexibility index (Phi) is 7.39. The minimum atomic E-state index is -0.343. The molecule has 7 heteroatoms. The SMILES string of the molecule is CNC(=O)/C(=N/OC)c1cccc(C)c1CO/N=C(\C)c1ccc(C#CC2CC2)nc1. The summed E-state index contributed by atoms with van der Waals surface area (Å²) in [6, 6.07) is 9.43. The number of oxime groups is 2. The van der Waals surface area contributed by atoms with Gasteiger partial charge in [0, 0.05) is 35.9 Å². The van der Waals surface area contributed by atoms with Crippen molar-refractivity contribution in [1.82, 2.24) is 10.3 Å². The average molecular weight is 418 g/mol. The third kappa shape index (κ3) is 5.92. The lowest BCUT2D eigenvalue weighted by molar-refractivity contribution is -0.114. The molecule has 1 aromatic heterocycles. The fraction of sp³-hybridized carbons (Fsp3) is 0.333. The molecule has 0 spiro atoms. The van der Waals surface area contributed by atoms with Crippen molar-refractivity contribution >= 4 is 17.3 Å². The zero-order chi connectivity index (χ0) is 22.2. The van der Waals surface area contributed by atoms with E-state index in [-0.39, 0.29) is 18.2 Å². The van der Waals surface area contributed by atoms with Gasteiger partial charge in [-0.2, -0.15) is 0 Å². The highest BCUT2D eigenvalue weighted by molar-refractivity contribution is 6.45. The Balaban J connectivity index is 1.73. The second kappa shape index (κ2) is 10.4. The summed E-state index contributed by atoms with van der Waals surface area (Å²) in [5.41, 5.74) is 4.89. The molecule has 31 heavy (non-hydrogen) atoms. The number of likely N-dealkylation sites (N-methyl/N-ethyl adjacent to an activating group) is 1. The highest BCUT2D eigenvalue weighted by atomic mass is 16.6. The van der Waals surface area contributed by atoms with Crippen LogP contribution in [-0.4, -0.2) is 36.5 Å². The molecular weight excluding hydrogens is 392 g/mol. The summed E-state index contributed by atoms with van der Waals surface area (Å²) in [6.07, 6.45) is 4.13. The summed E-state index contributed by atoms with van der Waals surface area (Å²) < 4.78 is 0. The summed E-state index contributed by atoms with van der Waals surface area (Å²) in [5, 5.41) is 10.7. The number of nitrogens with zero attached hydrogens (tertiary/aromatic N) is 3. The maximum Gasteiger partial charge on any atom is 0.273 e. The molecule has 1 N–H and O–H groups in total. The van der Waals surface area contributed by atoms with Crippen LogP contribution in [0, 0.1) is 24.7 Å². The van der Waals surface area contributed by atoms with Crippen molar-refractivity contribution in [3.8, 4) is 11.8 Å². The topological polar surface area (TPSA) is 85.2 Å². The zero-order valence-electron chi connectivity index (χ0n) is 18.2. The van der Waals surface area contributed by atoms with Gasteiger partial charge in [0.1, 0.15) is 19.4 Å². The largest absolute Gasteiger partial charge is 0.398 e. The highest BCUT2D eigenvalue weighted by Gasteiger charge is 2.19. The van der Waals surface area contributed by atoms with Crippen molar-refractivity contribution in [2.45, 2.75) is 33.3 Å². The minimum Gasteiger partial charge on any atom is -0.398 e. The molecule has 0 atom stereocenters. The lowest BCUT2D eigenvalue weighted by Crippen LogP contribution is -2.29. The Bertz CT molecular complexity index is 1060. The molecule has 1 aliphatic rings. The number of carbonyl (C=O) groups is 1. The van der Waals surface area contributed by atoms with Gasteiger partial charge in [0.25, 0.3) is 5.91 Å². The summed E-state index contributed by atoms with van der Waals surface area (Å²) in [6.45, 7) is 3.98. The summed E-state index contributed by atoms with van der Waals surface area (Å²) in [4.78, 5) is 27.1. The number of aromatic nitrogens is 1. The van der Waals surface area contributed by atoms with E-state index in [4.69, 9.17) is 9.68 Å². The number of hydrogen-bond acceptors (Lipinski definition) is 6. The van der Waals surface area contributed by atoms with E-state index >= 15 is 0 Å². The van der Waals surface area contributed by atoms with Gasteiger partial charge in [-0.1, -0.05) is 34.4 Å². The fourth-order valence-electron chi connectivity index (χ4n) is 2.87. The Morgan fingerprint density at radius 3 is 2.71 bits per heavy atom. The lowest BCUT2D eigenvalue weighted by Gasteiger charge is -2.13. The van der Waals surface area contributed by atoms with E-state index in [1.54, 1.807) is 19.3 Å². The standard InChI is InChI=1S/C24H26N4O3/c1-16-6-5-7-21(23(28-30-4)24(29)25-3)22(16)15-31-27-17(2)19-11-13-20(26-14-19)12-10-18-8-9-18/h5-7,11,13-14,18H,8-9,15H2,1-4H3,(H,25,29)/b27-17+,28-23+. The third-order valence-corrected chi connectivity index (χ3v) is 4.86. The fourth-order valence-corrected chi connectivity index (χ4v) is 2.87. The number of benzene rings is 1. The van der Waals surface area contributed by atoms with Gasteiger partial charge >= 0.3 is 0 Å². The minimum absolute atomic E-state index is 0.178. The van der Waals surface area contributed by atoms with Crippen molar-refractivity contribution in [1.29, 1.82) is 0 Å². The normalized spacial score (nSPS) is 13.8. The Morgan fingerprint density at radius 2 is 2.06 bits per heavy atom. The van der Waals surface area contributed by atoms with Crippen LogP contribution in [0.15, 0.2) is 46.8 Å². The van der Waals surface area contributed by atoms with Crippen LogP contribution in [0.25, 0.3) is 0 Å². The maximum absolute atomic E-state index is 12.2. The number of rotatable bonds is 7. The first-order valence-electron chi connectivity index (χ1n) is 10.1. The van der Waals surface area contributed by atoms with Gasteiger partial charge in [-0.3, -0.25) is 4.79 Å². The molecule has 0 unspecified atom stereocenters. The van der Waals surface area contributed by atoms with E-state index in [0.29, 0.717) is 17.2 Å². The quantitative estimate of drug-likeness (QED) is 0.425. The molecule has 0 bridgehead atoms. The summed E-state index contributed by atoms with van der Waals surface area (Å²) in [5.74, 6) is 6.50. The first kappa shape index (κ1) is 22.0. The Labute approximate surface area is 182 Å². The summed E-state index contributed by atoms with van der Waals surface area (Å²) in [7, 11) is 2.95. The predicted molar refractivity (Wildman–Crippen MR) is 120 cm³/mol. The number of hydrogen-bond donors (Lipinski definition) is 1. The average Bonchev–Trinajstić information content (AvgIpc) is 3.61. The van der Waals surface area contributed by atoms with Crippen LogP contribution in [0.3, 0.4) is 0 Å². The van der Waals surface area contributed by atoms with E-state index in [9.17, 15) is 4.79 Å². The smallest absolute Gasteiger partial charge is 0.273 e. The molecule has 160 valence electrons. The maximum atomic E-state index is 12.2. The van der Waals surface area contributed by atoms with Crippen molar-refractivity contribution in [2.24, 2.45) is 16.2 Å². The van der Waals surface area contributed by atoms with E-state index in [1.807, 2.05) is 38.1 Å². The molecule has 7 nitrogen and oxygen atoms in total. The first-order valence-corrected chi connectivity index (χ1v) is 10.1. The molecule has 1 heterocycles. The molecule has 2 aromatic rings. The van der Waals surface area contributed by atoms with Gasteiger partial charge in [-0.15, -0.1) is 0 Å². The number of pyridine rings is 1. The number of carbonyl (C=O) groups excluding carboxylic acids is 1. The monoisotopic (exact) mass is 418 g/mol. The molecule has 1 saturated carbocycles. The molecule has 0 aliphatic heterocycles. The van der Waals surface area contributed by atoms with Gasteiger partial charge in [0.2, 0.25) is 0 Å². The van der Waals surface area contributed by atoms with Crippen molar-refractivity contribution in [3.05, 3.63) is 64.5 Å². The predicted octanol–water partition coefficient (Wildman–Crippen LogP) is 3.19. The van der Waals surface area contributed by atoms with Crippen LogP contribution in [0.1, 0.15) is 47.7 Å². The van der Waals surface area contributed by atoms with Crippen molar-refractivity contribution < 1.29 is 14.5 Å². The van der Waals surface area contributed by atoms with Gasteiger partial charge in [0.05, 0.1) is 5.71 Å². The van der Waals surface area contributed by atoms with Crippen LogP contribution in [0.5, 0.6) is 0 Å². The molecule has 0 radical (unpaired) electrons. The Hall–Kier alpha value is -3.66. The van der Waals surface area contributed by atoms with Crippen molar-refractivity contribution in [2.75, 3.05) is 14.2 Å². The van der Waals surface area contributed by atoms with E-state index in [1.165, 1.54) is 20.0 Å². The summed E-state index contributed by atoms with van der Waals surface area (Å²) >= 11 is 0. The highest BCUT2D eigenvalue weighted by Crippen LogP contribution is 2.27. The zero-order valence-corrected chi connectivity index (χ0v) is 18.2. The number of amides is 1. The van der Waals surface area contributed by atoms with Gasteiger partial charge in [-0.05, 0) is 50.3 Å². The number of aryl methyl sites for hydroxylation is 1. The van der Waals surface area contributed by atoms with Crippen LogP contribution >= 0.6 is 0 Å². The lowest BCUT2D eigenvalue weighted by atomic mass is 9.98. The second-order valence-electron chi connectivity index (χ2n) is 7.23. The number of nitrogens with one attached hydrogen (secondary N) is 1. The van der Waals surface area contributed by atoms with Gasteiger partial charge in [0.15, 0.2) is 5.71 Å². The first-order chi connectivity index (χ1) is 15.0. The third-order valence-electron chi connectivity index (χ3n) is 4.86. The molecule has 3 rings (SSSR count). The van der Waals surface area contributed by atoms with E-state index in [2.05, 4.69) is 32.5 Å². The molecule has 1 aliphatic carbocycles. The molecule has 1 aromatic carbocycles. The van der Waals surface area contributed by atoms with Crippen molar-refractivity contribution in [3.63, 3.8) is 0 Å². The molecule has 0 saturated heterocycles. The van der Waals surface area contributed by atoms with Crippen LogP contribution in [0.4, 0.5) is 0 Å².